The van der Waals surface area contributed by atoms with Crippen molar-refractivity contribution in [1.29, 1.82) is 0 Å². The van der Waals surface area contributed by atoms with Crippen LogP contribution < -0.4 is 10.1 Å². The van der Waals surface area contributed by atoms with Crippen LogP contribution in [0.15, 0.2) is 67.4 Å². The fraction of sp³-hybridized carbons (Fsp3) is 0.265. The maximum Gasteiger partial charge on any atom is 0.226 e. The second-order valence-electron chi connectivity index (χ2n) is 11.7. The first-order valence-electron chi connectivity index (χ1n) is 15.1. The number of H-pyrrole nitrogens is 2. The summed E-state index contributed by atoms with van der Waals surface area (Å²) in [5, 5.41) is 12.1. The molecule has 0 unspecified atom stereocenters. The molecule has 0 saturated carbocycles. The molecule has 1 amide bonds. The summed E-state index contributed by atoms with van der Waals surface area (Å²) < 4.78 is 20.7. The third kappa shape index (κ3) is 5.99. The number of carbonyl (C=O) groups excluding carboxylic acids is 1. The highest BCUT2D eigenvalue weighted by atomic mass is 19.1. The molecule has 6 heterocycles. The molecule has 1 fully saturated rings. The highest BCUT2D eigenvalue weighted by Gasteiger charge is 2.17. The van der Waals surface area contributed by atoms with Gasteiger partial charge < -0.3 is 15.0 Å². The average molecular weight is 605 g/mol. The van der Waals surface area contributed by atoms with Crippen molar-refractivity contribution in [3.05, 3.63) is 73.2 Å². The normalized spacial score (nSPS) is 13.7. The molecule has 0 radical (unpaired) electrons. The van der Waals surface area contributed by atoms with Gasteiger partial charge in [0.25, 0.3) is 0 Å². The molecule has 1 aromatic carbocycles. The van der Waals surface area contributed by atoms with E-state index in [0.29, 0.717) is 29.3 Å². The molecule has 1 saturated heterocycles. The van der Waals surface area contributed by atoms with E-state index in [9.17, 15) is 9.18 Å². The molecule has 10 nitrogen and oxygen atoms in total. The number of benzene rings is 1. The predicted molar refractivity (Wildman–Crippen MR) is 172 cm³/mol. The highest BCUT2D eigenvalue weighted by Crippen LogP contribution is 2.36. The summed E-state index contributed by atoms with van der Waals surface area (Å²) in [4.78, 5) is 31.3. The lowest BCUT2D eigenvalue weighted by Gasteiger charge is -2.15. The molecule has 7 rings (SSSR count). The Balaban J connectivity index is 1.20. The van der Waals surface area contributed by atoms with Gasteiger partial charge in [-0.3, -0.25) is 24.8 Å². The van der Waals surface area contributed by atoms with Gasteiger partial charge in [-0.15, -0.1) is 0 Å². The van der Waals surface area contributed by atoms with Crippen LogP contribution in [0.25, 0.3) is 55.6 Å². The Hall–Kier alpha value is -5.16. The Morgan fingerprint density at radius 1 is 0.956 bits per heavy atom. The van der Waals surface area contributed by atoms with Gasteiger partial charge in [-0.05, 0) is 61.8 Å². The summed E-state index contributed by atoms with van der Waals surface area (Å²) in [6, 6.07) is 10.7. The summed E-state index contributed by atoms with van der Waals surface area (Å²) in [6.45, 7) is 7.20. The average Bonchev–Trinajstić information content (AvgIpc) is 3.80. The lowest BCUT2D eigenvalue weighted by molar-refractivity contribution is -0.118. The number of anilines is 1. The Kier molecular flexibility index (Phi) is 7.68. The minimum Gasteiger partial charge on any atom is -0.492 e. The summed E-state index contributed by atoms with van der Waals surface area (Å²) in [6.07, 6.45) is 11.0. The van der Waals surface area contributed by atoms with E-state index in [1.807, 2.05) is 38.1 Å². The summed E-state index contributed by atoms with van der Waals surface area (Å²) in [5.74, 6) is -0.0886. The maximum atomic E-state index is 14.8. The topological polar surface area (TPSA) is 125 Å². The van der Waals surface area contributed by atoms with Crippen LogP contribution in [-0.2, 0) is 4.79 Å². The maximum absolute atomic E-state index is 14.8. The second-order valence-corrected chi connectivity index (χ2v) is 11.7. The summed E-state index contributed by atoms with van der Waals surface area (Å²) in [5.41, 5.74) is 6.63. The van der Waals surface area contributed by atoms with Crippen molar-refractivity contribution in [1.82, 2.24) is 35.0 Å². The van der Waals surface area contributed by atoms with Crippen LogP contribution in [0.3, 0.4) is 0 Å². The van der Waals surface area contributed by atoms with Gasteiger partial charge in [-0.1, -0.05) is 13.8 Å². The number of likely N-dealkylation sites (tertiary alicyclic amines) is 1. The largest absolute Gasteiger partial charge is 0.492 e. The van der Waals surface area contributed by atoms with E-state index in [0.717, 1.165) is 64.0 Å². The predicted octanol–water partition coefficient (Wildman–Crippen LogP) is 6.44. The zero-order chi connectivity index (χ0) is 30.9. The molecule has 6 aromatic rings. The van der Waals surface area contributed by atoms with Crippen molar-refractivity contribution in [2.24, 2.45) is 5.92 Å². The van der Waals surface area contributed by atoms with Gasteiger partial charge in [0.2, 0.25) is 5.91 Å². The lowest BCUT2D eigenvalue weighted by atomic mass is 10.0. The van der Waals surface area contributed by atoms with E-state index < -0.39 is 0 Å². The van der Waals surface area contributed by atoms with Crippen molar-refractivity contribution in [2.75, 3.05) is 31.6 Å². The third-order valence-electron chi connectivity index (χ3n) is 8.15. The number of carbonyl (C=O) groups is 1. The van der Waals surface area contributed by atoms with E-state index in [2.05, 4.69) is 40.3 Å². The number of rotatable bonds is 9. The van der Waals surface area contributed by atoms with Gasteiger partial charge in [-0.25, -0.2) is 9.37 Å². The zero-order valence-electron chi connectivity index (χ0n) is 25.1. The number of amides is 1. The lowest BCUT2D eigenvalue weighted by Crippen LogP contribution is -2.25. The molecule has 0 spiro atoms. The van der Waals surface area contributed by atoms with Crippen LogP contribution in [0.2, 0.25) is 0 Å². The number of fused-ring (bicyclic) bond motifs is 2. The number of aromatic amines is 2. The number of ether oxygens (including phenoxy) is 1. The first-order chi connectivity index (χ1) is 21.9. The first kappa shape index (κ1) is 28.6. The van der Waals surface area contributed by atoms with Crippen LogP contribution >= 0.6 is 0 Å². The van der Waals surface area contributed by atoms with Gasteiger partial charge in [0.15, 0.2) is 5.65 Å². The Morgan fingerprint density at radius 3 is 2.62 bits per heavy atom. The summed E-state index contributed by atoms with van der Waals surface area (Å²) in [7, 11) is 0. The van der Waals surface area contributed by atoms with Crippen LogP contribution in [0.1, 0.15) is 26.7 Å². The number of aromatic nitrogens is 6. The van der Waals surface area contributed by atoms with Gasteiger partial charge in [-0.2, -0.15) is 5.10 Å². The SMILES string of the molecule is CC(C)C(=O)Nc1cncc(-c2cnc3n[nH]c(-c4cc5c(-c6cc(F)cc(OCCN7CCCC7)c6)cncc5[nH]4)c3c2)c1. The Labute approximate surface area is 259 Å². The monoisotopic (exact) mass is 604 g/mol. The molecule has 5 aromatic heterocycles. The van der Waals surface area contributed by atoms with Crippen LogP contribution in [0, 0.1) is 11.7 Å². The van der Waals surface area contributed by atoms with Crippen LogP contribution in [0.4, 0.5) is 10.1 Å². The first-order valence-corrected chi connectivity index (χ1v) is 15.1. The molecule has 1 aliphatic rings. The highest BCUT2D eigenvalue weighted by molar-refractivity contribution is 6.01. The minimum atomic E-state index is -0.364. The number of nitrogens with zero attached hydrogens (tertiary/aromatic N) is 5. The van der Waals surface area contributed by atoms with E-state index in [4.69, 9.17) is 4.74 Å². The van der Waals surface area contributed by atoms with Crippen molar-refractivity contribution in [2.45, 2.75) is 26.7 Å². The van der Waals surface area contributed by atoms with Crippen LogP contribution in [-0.4, -0.2) is 67.2 Å². The smallest absolute Gasteiger partial charge is 0.226 e. The zero-order valence-corrected chi connectivity index (χ0v) is 25.1. The number of halogens is 1. The Morgan fingerprint density at radius 2 is 1.78 bits per heavy atom. The molecule has 0 atom stereocenters. The fourth-order valence-electron chi connectivity index (χ4n) is 5.73. The van der Waals surface area contributed by atoms with Crippen molar-refractivity contribution < 1.29 is 13.9 Å². The van der Waals surface area contributed by atoms with Gasteiger partial charge in [0.05, 0.1) is 35.0 Å². The van der Waals surface area contributed by atoms with E-state index in [1.165, 1.54) is 25.0 Å². The molecule has 45 heavy (non-hydrogen) atoms. The molecule has 0 bridgehead atoms. The molecule has 228 valence electrons. The standard InChI is InChI=1S/C34H33FN8O2/c1-20(2)34(44)39-25-10-22(15-36-17-25)23-12-28-32(41-42-33(28)38-16-23)30-14-27-29(18-37-19-31(27)40-30)21-9-24(35)13-26(11-21)45-8-7-43-5-3-4-6-43/h9-20,40H,3-8H2,1-2H3,(H,39,44)(H,38,41,42). The molecular formula is C34H33FN8O2. The molecular weight excluding hydrogens is 571 g/mol. The number of hydrogen-bond donors (Lipinski definition) is 3. The van der Waals surface area contributed by atoms with Crippen molar-refractivity contribution in [3.63, 3.8) is 0 Å². The van der Waals surface area contributed by atoms with Crippen molar-refractivity contribution in [3.8, 4) is 39.4 Å². The third-order valence-corrected chi connectivity index (χ3v) is 8.15. The molecule has 11 heteroatoms. The molecule has 1 aliphatic heterocycles. The van der Waals surface area contributed by atoms with E-state index in [1.54, 1.807) is 31.0 Å². The number of pyridine rings is 3. The minimum absolute atomic E-state index is 0.0770. The second kappa shape index (κ2) is 12.1. The van der Waals surface area contributed by atoms with E-state index in [-0.39, 0.29) is 17.6 Å². The summed E-state index contributed by atoms with van der Waals surface area (Å²) >= 11 is 0. The van der Waals surface area contributed by atoms with Crippen molar-refractivity contribution >= 4 is 33.5 Å². The number of hydrogen-bond acceptors (Lipinski definition) is 7. The van der Waals surface area contributed by atoms with Gasteiger partial charge in [0, 0.05) is 64.6 Å². The van der Waals surface area contributed by atoms with Crippen LogP contribution in [0.5, 0.6) is 5.75 Å². The van der Waals surface area contributed by atoms with E-state index >= 15 is 0 Å². The molecule has 3 N–H and O–H groups in total. The van der Waals surface area contributed by atoms with Gasteiger partial charge >= 0.3 is 0 Å². The van der Waals surface area contributed by atoms with Gasteiger partial charge in [0.1, 0.15) is 18.2 Å². The quantitative estimate of drug-likeness (QED) is 0.174. The number of nitrogens with one attached hydrogen (secondary N) is 3. The molecule has 0 aliphatic carbocycles. The Bertz CT molecular complexity index is 2010. The fourth-order valence-corrected chi connectivity index (χ4v) is 5.73.